The van der Waals surface area contributed by atoms with Crippen LogP contribution in [0.1, 0.15) is 11.7 Å². The summed E-state index contributed by atoms with van der Waals surface area (Å²) in [7, 11) is 0. The molecule has 0 bridgehead atoms. The Morgan fingerprint density at radius 1 is 1.00 bits per heavy atom. The second-order valence-corrected chi connectivity index (χ2v) is 6.72. The molecule has 0 spiro atoms. The molecule has 1 atom stereocenters. The molecule has 25 heavy (non-hydrogen) atoms. The van der Waals surface area contributed by atoms with E-state index < -0.39 is 6.10 Å². The largest absolute Gasteiger partial charge is 0.387 e. The third-order valence-corrected chi connectivity index (χ3v) is 4.97. The highest BCUT2D eigenvalue weighted by Gasteiger charge is 2.08. The fourth-order valence-corrected chi connectivity index (χ4v) is 3.50. The van der Waals surface area contributed by atoms with Crippen LogP contribution in [0.3, 0.4) is 0 Å². The predicted molar refractivity (Wildman–Crippen MR) is 103 cm³/mol. The van der Waals surface area contributed by atoms with E-state index in [4.69, 9.17) is 0 Å². The van der Waals surface area contributed by atoms with Crippen LogP contribution in [-0.2, 0) is 0 Å². The first-order valence-electron chi connectivity index (χ1n) is 8.06. The molecule has 0 amide bonds. The number of aliphatic hydroxyl groups is 1. The van der Waals surface area contributed by atoms with Crippen molar-refractivity contribution >= 4 is 27.2 Å². The molecular formula is C20H17N3OS. The Hall–Kier alpha value is -2.76. The minimum absolute atomic E-state index is 0.393. The Labute approximate surface area is 149 Å². The average Bonchev–Trinajstić information content (AvgIpc) is 3.15. The minimum atomic E-state index is -0.582. The first-order valence-corrected chi connectivity index (χ1v) is 8.94. The lowest BCUT2D eigenvalue weighted by Crippen LogP contribution is -2.13. The first-order chi connectivity index (χ1) is 12.3. The van der Waals surface area contributed by atoms with E-state index in [-0.39, 0.29) is 0 Å². The normalized spacial score (nSPS) is 12.2. The van der Waals surface area contributed by atoms with Crippen molar-refractivity contribution in [3.63, 3.8) is 0 Å². The molecule has 124 valence electrons. The number of nitrogens with one attached hydrogen (secondary N) is 1. The molecule has 0 saturated heterocycles. The van der Waals surface area contributed by atoms with Crippen LogP contribution in [0.15, 0.2) is 72.4 Å². The van der Waals surface area contributed by atoms with Crippen LogP contribution >= 0.6 is 11.3 Å². The molecule has 5 heteroatoms. The number of benzene rings is 2. The molecule has 2 N–H and O–H groups in total. The van der Waals surface area contributed by atoms with Gasteiger partial charge in [0.25, 0.3) is 0 Å². The predicted octanol–water partition coefficient (Wildman–Crippen LogP) is 4.50. The van der Waals surface area contributed by atoms with E-state index in [1.807, 2.05) is 36.4 Å². The van der Waals surface area contributed by atoms with E-state index in [9.17, 15) is 5.11 Å². The fourth-order valence-electron chi connectivity index (χ4n) is 2.73. The lowest BCUT2D eigenvalue weighted by atomic mass is 10.1. The summed E-state index contributed by atoms with van der Waals surface area (Å²) in [4.78, 5) is 8.63. The minimum Gasteiger partial charge on any atom is -0.387 e. The zero-order chi connectivity index (χ0) is 17.1. The smallest absolute Gasteiger partial charge is 0.130 e. The molecule has 0 aliphatic rings. The van der Waals surface area contributed by atoms with E-state index in [0.29, 0.717) is 12.4 Å². The van der Waals surface area contributed by atoms with Gasteiger partial charge >= 0.3 is 0 Å². The topological polar surface area (TPSA) is 58.0 Å². The number of thiophene rings is 1. The highest BCUT2D eigenvalue weighted by atomic mass is 32.1. The highest BCUT2D eigenvalue weighted by molar-refractivity contribution is 7.17. The van der Waals surface area contributed by atoms with Gasteiger partial charge in [0.15, 0.2) is 0 Å². The summed E-state index contributed by atoms with van der Waals surface area (Å²) in [5.74, 6) is 0.699. The molecule has 0 saturated carbocycles. The van der Waals surface area contributed by atoms with Crippen molar-refractivity contribution in [1.82, 2.24) is 9.97 Å². The van der Waals surface area contributed by atoms with Crippen LogP contribution in [-0.4, -0.2) is 21.6 Å². The second kappa shape index (κ2) is 7.01. The Balaban J connectivity index is 1.51. The summed E-state index contributed by atoms with van der Waals surface area (Å²) in [5.41, 5.74) is 2.80. The molecule has 0 aliphatic carbocycles. The Kier molecular flexibility index (Phi) is 4.41. The summed E-state index contributed by atoms with van der Waals surface area (Å²) in [6.45, 7) is 0.393. The number of aromatic nitrogens is 2. The second-order valence-electron chi connectivity index (χ2n) is 5.77. The Bertz CT molecular complexity index is 984. The van der Waals surface area contributed by atoms with E-state index in [1.165, 1.54) is 10.1 Å². The number of rotatable bonds is 5. The maximum absolute atomic E-state index is 10.3. The molecule has 2 aromatic carbocycles. The molecular weight excluding hydrogens is 330 g/mol. The van der Waals surface area contributed by atoms with Gasteiger partial charge < -0.3 is 10.4 Å². The van der Waals surface area contributed by atoms with Crippen LogP contribution in [0.4, 0.5) is 5.82 Å². The molecule has 4 rings (SSSR count). The van der Waals surface area contributed by atoms with Crippen molar-refractivity contribution in [3.8, 4) is 11.3 Å². The Morgan fingerprint density at radius 2 is 1.88 bits per heavy atom. The first kappa shape index (κ1) is 15.7. The average molecular weight is 347 g/mol. The lowest BCUT2D eigenvalue weighted by Gasteiger charge is -2.13. The van der Waals surface area contributed by atoms with Gasteiger partial charge in [0, 0.05) is 22.9 Å². The van der Waals surface area contributed by atoms with E-state index in [1.54, 1.807) is 17.7 Å². The standard InChI is InChI=1S/C20H17N3OS/c24-18(14-4-2-1-3-5-14)12-21-20-11-17(22-13-23-20)15-6-7-19-16(10-15)8-9-25-19/h1-11,13,18,24H,12H2,(H,21,22,23). The van der Waals surface area contributed by atoms with Crippen LogP contribution < -0.4 is 5.32 Å². The van der Waals surface area contributed by atoms with Crippen molar-refractivity contribution in [2.45, 2.75) is 6.10 Å². The summed E-state index contributed by atoms with van der Waals surface area (Å²) in [6.07, 6.45) is 0.964. The third kappa shape index (κ3) is 3.52. The summed E-state index contributed by atoms with van der Waals surface area (Å²) in [5, 5.41) is 16.8. The quantitative estimate of drug-likeness (QED) is 0.558. The monoisotopic (exact) mass is 347 g/mol. The molecule has 0 radical (unpaired) electrons. The number of hydrogen-bond acceptors (Lipinski definition) is 5. The summed E-state index contributed by atoms with van der Waals surface area (Å²) < 4.78 is 1.27. The highest BCUT2D eigenvalue weighted by Crippen LogP contribution is 2.27. The zero-order valence-electron chi connectivity index (χ0n) is 13.5. The maximum Gasteiger partial charge on any atom is 0.130 e. The van der Waals surface area contributed by atoms with Gasteiger partial charge in [-0.2, -0.15) is 0 Å². The molecule has 0 fully saturated rings. The fraction of sp³-hybridized carbons (Fsp3) is 0.100. The van der Waals surface area contributed by atoms with Gasteiger partial charge in [0.2, 0.25) is 0 Å². The van der Waals surface area contributed by atoms with E-state index in [2.05, 4.69) is 44.9 Å². The van der Waals surface area contributed by atoms with Crippen molar-refractivity contribution < 1.29 is 5.11 Å². The molecule has 4 aromatic rings. The van der Waals surface area contributed by atoms with Crippen molar-refractivity contribution in [3.05, 3.63) is 77.9 Å². The number of hydrogen-bond donors (Lipinski definition) is 2. The third-order valence-electron chi connectivity index (χ3n) is 4.08. The van der Waals surface area contributed by atoms with Crippen molar-refractivity contribution in [2.75, 3.05) is 11.9 Å². The van der Waals surface area contributed by atoms with Crippen molar-refractivity contribution in [2.24, 2.45) is 0 Å². The van der Waals surface area contributed by atoms with Crippen molar-refractivity contribution in [1.29, 1.82) is 0 Å². The van der Waals surface area contributed by atoms with Gasteiger partial charge in [0.05, 0.1) is 11.8 Å². The van der Waals surface area contributed by atoms with Crippen LogP contribution in [0.5, 0.6) is 0 Å². The van der Waals surface area contributed by atoms with Crippen LogP contribution in [0, 0.1) is 0 Å². The molecule has 4 nitrogen and oxygen atoms in total. The molecule has 2 aromatic heterocycles. The molecule has 0 aliphatic heterocycles. The van der Waals surface area contributed by atoms with Gasteiger partial charge in [-0.25, -0.2) is 9.97 Å². The summed E-state index contributed by atoms with van der Waals surface area (Å²) >= 11 is 1.73. The number of anilines is 1. The van der Waals surface area contributed by atoms with Crippen LogP contribution in [0.25, 0.3) is 21.3 Å². The van der Waals surface area contributed by atoms with Gasteiger partial charge in [-0.1, -0.05) is 36.4 Å². The van der Waals surface area contributed by atoms with E-state index in [0.717, 1.165) is 16.8 Å². The van der Waals surface area contributed by atoms with Gasteiger partial charge in [-0.15, -0.1) is 11.3 Å². The van der Waals surface area contributed by atoms with Gasteiger partial charge in [-0.3, -0.25) is 0 Å². The molecule has 2 heterocycles. The lowest BCUT2D eigenvalue weighted by molar-refractivity contribution is 0.191. The number of nitrogens with zero attached hydrogens (tertiary/aromatic N) is 2. The van der Waals surface area contributed by atoms with Gasteiger partial charge in [0.1, 0.15) is 12.1 Å². The maximum atomic E-state index is 10.3. The summed E-state index contributed by atoms with van der Waals surface area (Å²) in [6, 6.07) is 19.9. The number of aliphatic hydroxyl groups excluding tert-OH is 1. The Morgan fingerprint density at radius 3 is 2.76 bits per heavy atom. The number of fused-ring (bicyclic) bond motifs is 1. The SMILES string of the molecule is OC(CNc1cc(-c2ccc3sccc3c2)ncn1)c1ccccc1. The van der Waals surface area contributed by atoms with Gasteiger partial charge in [-0.05, 0) is 34.5 Å². The zero-order valence-corrected chi connectivity index (χ0v) is 14.3. The molecule has 1 unspecified atom stereocenters. The van der Waals surface area contributed by atoms with E-state index >= 15 is 0 Å². The van der Waals surface area contributed by atoms with Crippen LogP contribution in [0.2, 0.25) is 0 Å².